The molecule has 1 N–H and O–H groups in total. The molecule has 0 saturated carbocycles. The van der Waals surface area contributed by atoms with Gasteiger partial charge >= 0.3 is 0 Å². The molecule has 0 aliphatic carbocycles. The highest BCUT2D eigenvalue weighted by Crippen LogP contribution is 2.36. The van der Waals surface area contributed by atoms with E-state index in [2.05, 4.69) is 12.2 Å². The average Bonchev–Trinajstić information content (AvgIpc) is 2.61. The lowest BCUT2D eigenvalue weighted by atomic mass is 10.1. The second-order valence-electron chi connectivity index (χ2n) is 5.29. The minimum absolute atomic E-state index is 0.131. The van der Waals surface area contributed by atoms with E-state index in [9.17, 15) is 4.79 Å². The van der Waals surface area contributed by atoms with E-state index in [1.165, 1.54) is 0 Å². The first-order valence-electron chi connectivity index (χ1n) is 7.82. The van der Waals surface area contributed by atoms with E-state index < -0.39 is 0 Å². The molecule has 0 aromatic heterocycles. The van der Waals surface area contributed by atoms with Crippen molar-refractivity contribution in [2.75, 3.05) is 26.1 Å². The largest absolute Gasteiger partial charge is 0.493 e. The highest BCUT2D eigenvalue weighted by Gasteiger charge is 2.14. The number of anilines is 1. The van der Waals surface area contributed by atoms with Crippen molar-refractivity contribution in [2.45, 2.75) is 20.3 Å². The van der Waals surface area contributed by atoms with E-state index in [4.69, 9.17) is 14.2 Å². The van der Waals surface area contributed by atoms with Gasteiger partial charge < -0.3 is 19.5 Å². The summed E-state index contributed by atoms with van der Waals surface area (Å²) < 4.78 is 16.2. The standard InChI is InChI=1S/C19H23NO4/c1-5-14-9-6-8-13(2)18(14)20-17(21)12-24-19-15(22-3)10-7-11-16(19)23-4/h6-11H,5,12H2,1-4H3,(H,20,21). The molecule has 1 amide bonds. The normalized spacial score (nSPS) is 10.2. The van der Waals surface area contributed by atoms with Crippen molar-refractivity contribution in [3.63, 3.8) is 0 Å². The first-order valence-corrected chi connectivity index (χ1v) is 7.82. The summed E-state index contributed by atoms with van der Waals surface area (Å²) in [7, 11) is 3.09. The molecule has 0 aliphatic rings. The Bertz CT molecular complexity index is 690. The third-order valence-corrected chi connectivity index (χ3v) is 3.73. The van der Waals surface area contributed by atoms with E-state index >= 15 is 0 Å². The van der Waals surface area contributed by atoms with Crippen molar-refractivity contribution in [2.24, 2.45) is 0 Å². The Kier molecular flexibility index (Phi) is 6.07. The highest BCUT2D eigenvalue weighted by molar-refractivity contribution is 5.93. The van der Waals surface area contributed by atoms with Gasteiger partial charge in [0.1, 0.15) is 0 Å². The van der Waals surface area contributed by atoms with Gasteiger partial charge in [0, 0.05) is 5.69 Å². The zero-order valence-corrected chi connectivity index (χ0v) is 14.5. The van der Waals surface area contributed by atoms with Gasteiger partial charge in [0.2, 0.25) is 5.75 Å². The molecule has 0 aliphatic heterocycles. The Morgan fingerprint density at radius 3 is 2.25 bits per heavy atom. The summed E-state index contributed by atoms with van der Waals surface area (Å²) in [4.78, 5) is 12.3. The molecule has 0 fully saturated rings. The number of nitrogens with one attached hydrogen (secondary N) is 1. The molecule has 2 rings (SSSR count). The fraction of sp³-hybridized carbons (Fsp3) is 0.316. The summed E-state index contributed by atoms with van der Waals surface area (Å²) in [5, 5.41) is 2.93. The minimum Gasteiger partial charge on any atom is -0.493 e. The number of carbonyl (C=O) groups excluding carboxylic acids is 1. The van der Waals surface area contributed by atoms with Crippen LogP contribution in [0.4, 0.5) is 5.69 Å². The van der Waals surface area contributed by atoms with Crippen molar-refractivity contribution in [1.29, 1.82) is 0 Å². The van der Waals surface area contributed by atoms with Crippen LogP contribution in [0.15, 0.2) is 36.4 Å². The monoisotopic (exact) mass is 329 g/mol. The third-order valence-electron chi connectivity index (χ3n) is 3.73. The molecule has 2 aromatic carbocycles. The Morgan fingerprint density at radius 2 is 1.67 bits per heavy atom. The van der Waals surface area contributed by atoms with Crippen molar-refractivity contribution >= 4 is 11.6 Å². The molecule has 24 heavy (non-hydrogen) atoms. The predicted molar refractivity (Wildman–Crippen MR) is 94.2 cm³/mol. The molecule has 0 saturated heterocycles. The van der Waals surface area contributed by atoms with Crippen LogP contribution in [0, 0.1) is 6.92 Å². The molecule has 128 valence electrons. The second kappa shape index (κ2) is 8.24. The number of hydrogen-bond donors (Lipinski definition) is 1. The third kappa shape index (κ3) is 3.98. The maximum Gasteiger partial charge on any atom is 0.262 e. The average molecular weight is 329 g/mol. The highest BCUT2D eigenvalue weighted by atomic mass is 16.5. The van der Waals surface area contributed by atoms with Gasteiger partial charge in [-0.2, -0.15) is 0 Å². The van der Waals surface area contributed by atoms with Gasteiger partial charge in [0.25, 0.3) is 5.91 Å². The zero-order valence-electron chi connectivity index (χ0n) is 14.5. The van der Waals surface area contributed by atoms with E-state index in [0.29, 0.717) is 17.2 Å². The number of benzene rings is 2. The lowest BCUT2D eigenvalue weighted by molar-refractivity contribution is -0.118. The Morgan fingerprint density at radius 1 is 1.04 bits per heavy atom. The van der Waals surface area contributed by atoms with Gasteiger partial charge in [-0.25, -0.2) is 0 Å². The van der Waals surface area contributed by atoms with Crippen LogP contribution in [-0.4, -0.2) is 26.7 Å². The van der Waals surface area contributed by atoms with E-state index in [0.717, 1.165) is 23.2 Å². The van der Waals surface area contributed by atoms with Crippen molar-refractivity contribution in [3.05, 3.63) is 47.5 Å². The quantitative estimate of drug-likeness (QED) is 0.843. The summed E-state index contributed by atoms with van der Waals surface area (Å²) >= 11 is 0. The smallest absolute Gasteiger partial charge is 0.262 e. The number of carbonyl (C=O) groups is 1. The SMILES string of the molecule is CCc1cccc(C)c1NC(=O)COc1c(OC)cccc1OC. The maximum atomic E-state index is 12.3. The van der Waals surface area contributed by atoms with Crippen LogP contribution in [0.2, 0.25) is 0 Å². The Labute approximate surface area is 142 Å². The van der Waals surface area contributed by atoms with Crippen molar-refractivity contribution in [1.82, 2.24) is 0 Å². The van der Waals surface area contributed by atoms with Crippen LogP contribution >= 0.6 is 0 Å². The van der Waals surface area contributed by atoms with Crippen LogP contribution in [0.3, 0.4) is 0 Å². The summed E-state index contributed by atoms with van der Waals surface area (Å²) in [5.41, 5.74) is 2.97. The van der Waals surface area contributed by atoms with Gasteiger partial charge in [0.15, 0.2) is 18.1 Å². The van der Waals surface area contributed by atoms with Crippen LogP contribution < -0.4 is 19.5 Å². The number of amides is 1. The van der Waals surface area contributed by atoms with Gasteiger partial charge in [-0.15, -0.1) is 0 Å². The minimum atomic E-state index is -0.230. The van der Waals surface area contributed by atoms with Gasteiger partial charge in [0.05, 0.1) is 14.2 Å². The van der Waals surface area contributed by atoms with Crippen LogP contribution in [0.25, 0.3) is 0 Å². The number of ether oxygens (including phenoxy) is 3. The number of methoxy groups -OCH3 is 2. The molecule has 5 nitrogen and oxygen atoms in total. The summed E-state index contributed by atoms with van der Waals surface area (Å²) in [6.45, 7) is 3.90. The Balaban J connectivity index is 2.10. The van der Waals surface area contributed by atoms with Gasteiger partial charge in [-0.3, -0.25) is 4.79 Å². The molecule has 0 atom stereocenters. The fourth-order valence-electron chi connectivity index (χ4n) is 2.47. The molecule has 2 aromatic rings. The lowest BCUT2D eigenvalue weighted by Crippen LogP contribution is -2.21. The summed E-state index contributed by atoms with van der Waals surface area (Å²) in [6, 6.07) is 11.3. The molecular formula is C19H23NO4. The Hall–Kier alpha value is -2.69. The van der Waals surface area contributed by atoms with E-state index in [-0.39, 0.29) is 12.5 Å². The first kappa shape index (κ1) is 17.7. The fourth-order valence-corrected chi connectivity index (χ4v) is 2.47. The van der Waals surface area contributed by atoms with E-state index in [1.807, 2.05) is 25.1 Å². The van der Waals surface area contributed by atoms with Crippen LogP contribution in [0.5, 0.6) is 17.2 Å². The number of para-hydroxylation sites is 2. The van der Waals surface area contributed by atoms with Crippen LogP contribution in [0.1, 0.15) is 18.1 Å². The molecule has 5 heteroatoms. The van der Waals surface area contributed by atoms with Crippen molar-refractivity contribution in [3.8, 4) is 17.2 Å². The summed E-state index contributed by atoms with van der Waals surface area (Å²) in [6.07, 6.45) is 0.846. The molecule has 0 unspecified atom stereocenters. The number of hydrogen-bond acceptors (Lipinski definition) is 4. The molecule has 0 bridgehead atoms. The van der Waals surface area contributed by atoms with E-state index in [1.54, 1.807) is 32.4 Å². The molecule has 0 heterocycles. The number of aryl methyl sites for hydroxylation is 2. The lowest BCUT2D eigenvalue weighted by Gasteiger charge is -2.15. The molecule has 0 radical (unpaired) electrons. The summed E-state index contributed by atoms with van der Waals surface area (Å²) in [5.74, 6) is 1.23. The van der Waals surface area contributed by atoms with Gasteiger partial charge in [-0.05, 0) is 36.6 Å². The molecule has 0 spiro atoms. The first-order chi connectivity index (χ1) is 11.6. The van der Waals surface area contributed by atoms with Gasteiger partial charge in [-0.1, -0.05) is 31.2 Å². The zero-order chi connectivity index (χ0) is 17.5. The molecular weight excluding hydrogens is 306 g/mol. The second-order valence-corrected chi connectivity index (χ2v) is 5.29. The predicted octanol–water partition coefficient (Wildman–Crippen LogP) is 3.59. The van der Waals surface area contributed by atoms with Crippen LogP contribution in [-0.2, 0) is 11.2 Å². The topological polar surface area (TPSA) is 56.8 Å². The number of rotatable bonds is 7. The maximum absolute atomic E-state index is 12.3. The van der Waals surface area contributed by atoms with Crippen molar-refractivity contribution < 1.29 is 19.0 Å².